The third-order valence-electron chi connectivity index (χ3n) is 4.59. The van der Waals surface area contributed by atoms with E-state index in [1.54, 1.807) is 0 Å². The van der Waals surface area contributed by atoms with Crippen LogP contribution in [-0.4, -0.2) is 38.5 Å². The van der Waals surface area contributed by atoms with E-state index in [4.69, 9.17) is 9.26 Å². The van der Waals surface area contributed by atoms with E-state index < -0.39 is 0 Å². The minimum absolute atomic E-state index is 0.325. The second kappa shape index (κ2) is 5.52. The molecule has 1 aliphatic carbocycles. The van der Waals surface area contributed by atoms with Gasteiger partial charge in [0.2, 0.25) is 11.7 Å². The van der Waals surface area contributed by atoms with Gasteiger partial charge in [-0.15, -0.1) is 0 Å². The number of aromatic amines is 1. The highest BCUT2D eigenvalue weighted by Crippen LogP contribution is 2.39. The summed E-state index contributed by atoms with van der Waals surface area (Å²) in [5, 5.41) is 11.4. The van der Waals surface area contributed by atoms with Crippen LogP contribution in [0.4, 0.5) is 0 Å². The summed E-state index contributed by atoms with van der Waals surface area (Å²) in [6.45, 7) is 1.51. The molecule has 122 valence electrons. The fraction of sp³-hybridized carbons (Fsp3) is 0.412. The van der Waals surface area contributed by atoms with Gasteiger partial charge in [-0.2, -0.15) is 10.1 Å². The van der Waals surface area contributed by atoms with Gasteiger partial charge in [0.25, 0.3) is 0 Å². The molecule has 1 saturated carbocycles. The lowest BCUT2D eigenvalue weighted by molar-refractivity contribution is 0.193. The zero-order valence-corrected chi connectivity index (χ0v) is 13.1. The Morgan fingerprint density at radius 1 is 0.917 bits per heavy atom. The summed E-state index contributed by atoms with van der Waals surface area (Å²) in [6, 6.07) is 7.93. The summed E-state index contributed by atoms with van der Waals surface area (Å²) in [5.41, 5.74) is 1.90. The Hall–Kier alpha value is -2.54. The van der Waals surface area contributed by atoms with Gasteiger partial charge in [0.1, 0.15) is 5.82 Å². The molecule has 1 aliphatic heterocycles. The lowest BCUT2D eigenvalue weighted by Gasteiger charge is -2.00. The predicted molar refractivity (Wildman–Crippen MR) is 85.3 cm³/mol. The van der Waals surface area contributed by atoms with Gasteiger partial charge in [-0.05, 0) is 19.3 Å². The Bertz CT molecular complexity index is 844. The van der Waals surface area contributed by atoms with E-state index in [2.05, 4.69) is 25.3 Å². The minimum atomic E-state index is 0.325. The normalized spacial score (nSPS) is 20.6. The summed E-state index contributed by atoms with van der Waals surface area (Å²) in [4.78, 5) is 9.08. The molecule has 1 aromatic carbocycles. The van der Waals surface area contributed by atoms with Crippen molar-refractivity contribution in [1.29, 1.82) is 0 Å². The number of nitrogens with zero attached hydrogens (tertiary/aromatic N) is 4. The van der Waals surface area contributed by atoms with Crippen molar-refractivity contribution in [3.63, 3.8) is 0 Å². The van der Waals surface area contributed by atoms with Crippen LogP contribution in [0.15, 0.2) is 28.8 Å². The molecule has 2 aromatic heterocycles. The van der Waals surface area contributed by atoms with E-state index >= 15 is 0 Å². The molecule has 1 saturated heterocycles. The maximum atomic E-state index is 5.40. The average molecular weight is 323 g/mol. The number of hydrogen-bond donors (Lipinski definition) is 1. The number of nitrogens with one attached hydrogen (secondary N) is 1. The number of hydrogen-bond acceptors (Lipinski definition) is 6. The molecule has 0 amide bonds. The number of aromatic nitrogens is 5. The van der Waals surface area contributed by atoms with Gasteiger partial charge in [-0.25, -0.2) is 4.98 Å². The van der Waals surface area contributed by atoms with Crippen LogP contribution >= 0.6 is 0 Å². The van der Waals surface area contributed by atoms with Gasteiger partial charge in [0, 0.05) is 29.6 Å². The number of ether oxygens (including phenoxy) is 1. The van der Waals surface area contributed by atoms with Crippen molar-refractivity contribution in [3.8, 4) is 22.8 Å². The van der Waals surface area contributed by atoms with Crippen LogP contribution < -0.4 is 0 Å². The van der Waals surface area contributed by atoms with E-state index in [9.17, 15) is 0 Å². The zero-order valence-electron chi connectivity index (χ0n) is 13.1. The van der Waals surface area contributed by atoms with E-state index in [-0.39, 0.29) is 0 Å². The summed E-state index contributed by atoms with van der Waals surface area (Å²) >= 11 is 0. The minimum Gasteiger partial charge on any atom is -0.381 e. The van der Waals surface area contributed by atoms with Crippen molar-refractivity contribution >= 4 is 0 Å². The van der Waals surface area contributed by atoms with Gasteiger partial charge in [-0.1, -0.05) is 29.4 Å². The van der Waals surface area contributed by atoms with Crippen LogP contribution in [0.5, 0.6) is 0 Å². The molecule has 2 aliphatic rings. The number of H-pyrrole nitrogens is 1. The highest BCUT2D eigenvalue weighted by Gasteiger charge is 2.29. The second-order valence-corrected chi connectivity index (χ2v) is 6.41. The molecule has 2 fully saturated rings. The summed E-state index contributed by atoms with van der Waals surface area (Å²) in [5.74, 6) is 3.80. The molecule has 1 N–H and O–H groups in total. The highest BCUT2D eigenvalue weighted by molar-refractivity contribution is 5.62. The average Bonchev–Trinajstić information content (AvgIpc) is 3.07. The first-order valence-electron chi connectivity index (χ1n) is 8.31. The summed E-state index contributed by atoms with van der Waals surface area (Å²) in [6.07, 6.45) is 3.30. The van der Waals surface area contributed by atoms with Crippen molar-refractivity contribution in [2.24, 2.45) is 0 Å². The smallest absolute Gasteiger partial charge is 0.230 e. The Morgan fingerprint density at radius 2 is 1.71 bits per heavy atom. The van der Waals surface area contributed by atoms with Crippen molar-refractivity contribution in [2.75, 3.05) is 13.2 Å². The van der Waals surface area contributed by atoms with Gasteiger partial charge < -0.3 is 9.26 Å². The third kappa shape index (κ3) is 2.50. The van der Waals surface area contributed by atoms with Crippen LogP contribution in [0.3, 0.4) is 0 Å². The molecular formula is C17H17N5O2. The monoisotopic (exact) mass is 323 g/mol. The van der Waals surface area contributed by atoms with E-state index in [0.717, 1.165) is 48.7 Å². The molecule has 7 nitrogen and oxygen atoms in total. The van der Waals surface area contributed by atoms with Crippen LogP contribution in [-0.2, 0) is 4.74 Å². The van der Waals surface area contributed by atoms with Crippen LogP contribution in [0, 0.1) is 0 Å². The standard InChI is InChI=1S/C17H17N5O2/c1-3-11(16-19-17(24-22-16)12-5-6-12)4-2-10(1)14-18-15(21-20-14)13-7-8-23-9-13/h1-4,12-13H,5-9H2,(H,18,20,21). The van der Waals surface area contributed by atoms with E-state index in [1.807, 2.05) is 24.3 Å². The fourth-order valence-electron chi connectivity index (χ4n) is 2.95. The maximum absolute atomic E-state index is 5.40. The second-order valence-electron chi connectivity index (χ2n) is 6.41. The molecule has 3 heterocycles. The topological polar surface area (TPSA) is 89.7 Å². The number of rotatable bonds is 4. The molecule has 5 rings (SSSR count). The SMILES string of the molecule is c1cc(-c2noc(C3CC3)n2)ccc1-c1n[nH]c(C2CCOC2)n1. The predicted octanol–water partition coefficient (Wildman–Crippen LogP) is 2.90. The first-order valence-corrected chi connectivity index (χ1v) is 8.31. The molecule has 24 heavy (non-hydrogen) atoms. The molecule has 7 heteroatoms. The molecular weight excluding hydrogens is 306 g/mol. The summed E-state index contributed by atoms with van der Waals surface area (Å²) in [7, 11) is 0. The van der Waals surface area contributed by atoms with Crippen LogP contribution in [0.2, 0.25) is 0 Å². The largest absolute Gasteiger partial charge is 0.381 e. The Balaban J connectivity index is 1.37. The van der Waals surface area contributed by atoms with Crippen LogP contribution in [0.25, 0.3) is 22.8 Å². The molecule has 1 unspecified atom stereocenters. The fourth-order valence-corrected chi connectivity index (χ4v) is 2.95. The number of benzene rings is 1. The first kappa shape index (κ1) is 13.9. The first-order chi connectivity index (χ1) is 11.9. The molecule has 1 atom stereocenters. The zero-order chi connectivity index (χ0) is 15.9. The van der Waals surface area contributed by atoms with Gasteiger partial charge >= 0.3 is 0 Å². The highest BCUT2D eigenvalue weighted by atomic mass is 16.5. The third-order valence-corrected chi connectivity index (χ3v) is 4.59. The Labute approximate surface area is 138 Å². The van der Waals surface area contributed by atoms with Crippen molar-refractivity contribution in [2.45, 2.75) is 31.1 Å². The summed E-state index contributed by atoms with van der Waals surface area (Å²) < 4.78 is 10.7. The maximum Gasteiger partial charge on any atom is 0.230 e. The lowest BCUT2D eigenvalue weighted by atomic mass is 10.1. The molecule has 3 aromatic rings. The van der Waals surface area contributed by atoms with E-state index in [1.165, 1.54) is 0 Å². The lowest BCUT2D eigenvalue weighted by Crippen LogP contribution is -1.99. The van der Waals surface area contributed by atoms with Crippen LogP contribution in [0.1, 0.15) is 42.8 Å². The molecule has 0 radical (unpaired) electrons. The molecule has 0 bridgehead atoms. The Morgan fingerprint density at radius 3 is 2.42 bits per heavy atom. The van der Waals surface area contributed by atoms with Gasteiger partial charge in [-0.3, -0.25) is 5.10 Å². The van der Waals surface area contributed by atoms with Gasteiger partial charge in [0.15, 0.2) is 5.82 Å². The van der Waals surface area contributed by atoms with Crippen molar-refractivity contribution in [1.82, 2.24) is 25.3 Å². The van der Waals surface area contributed by atoms with Crippen molar-refractivity contribution < 1.29 is 9.26 Å². The molecule has 0 spiro atoms. The van der Waals surface area contributed by atoms with Gasteiger partial charge in [0.05, 0.1) is 6.61 Å². The van der Waals surface area contributed by atoms with E-state index in [0.29, 0.717) is 30.1 Å². The van der Waals surface area contributed by atoms with Crippen molar-refractivity contribution in [3.05, 3.63) is 36.0 Å². The quantitative estimate of drug-likeness (QED) is 0.794. The Kier molecular flexibility index (Phi) is 3.19.